The Hall–Kier alpha value is -2.61. The summed E-state index contributed by atoms with van der Waals surface area (Å²) in [6.45, 7) is 6.06. The van der Waals surface area contributed by atoms with Gasteiger partial charge in [0.05, 0.1) is 5.52 Å². The lowest BCUT2D eigenvalue weighted by atomic mass is 10.1. The number of rotatable bonds is 5. The minimum Gasteiger partial charge on any atom is -0.486 e. The summed E-state index contributed by atoms with van der Waals surface area (Å²) in [6.07, 6.45) is 2.53. The zero-order valence-electron chi connectivity index (χ0n) is 17.6. The Bertz CT molecular complexity index is 1070. The number of hydrogen-bond acceptors (Lipinski definition) is 7. The predicted octanol–water partition coefficient (Wildman–Crippen LogP) is 3.80. The van der Waals surface area contributed by atoms with E-state index in [4.69, 9.17) is 21.1 Å². The van der Waals surface area contributed by atoms with E-state index in [2.05, 4.69) is 32.1 Å². The highest BCUT2D eigenvalue weighted by Crippen LogP contribution is 2.38. The van der Waals surface area contributed by atoms with Gasteiger partial charge in [0.25, 0.3) is 0 Å². The molecule has 2 aliphatic heterocycles. The van der Waals surface area contributed by atoms with E-state index in [1.54, 1.807) is 6.33 Å². The van der Waals surface area contributed by atoms with Crippen molar-refractivity contribution in [2.45, 2.75) is 12.5 Å². The molecular weight excluding hydrogens is 414 g/mol. The summed E-state index contributed by atoms with van der Waals surface area (Å²) < 4.78 is 12.3. The van der Waals surface area contributed by atoms with Gasteiger partial charge in [-0.1, -0.05) is 17.7 Å². The van der Waals surface area contributed by atoms with Crippen molar-refractivity contribution in [3.05, 3.63) is 47.7 Å². The van der Waals surface area contributed by atoms with Crippen molar-refractivity contribution in [2.75, 3.05) is 51.7 Å². The third kappa shape index (κ3) is 4.69. The molecule has 0 radical (unpaired) electrons. The Balaban J connectivity index is 1.32. The summed E-state index contributed by atoms with van der Waals surface area (Å²) in [6, 6.07) is 11.5. The lowest BCUT2D eigenvalue weighted by Gasteiger charge is -2.34. The maximum atomic E-state index is 6.31. The molecule has 2 aromatic carbocycles. The molecule has 0 aliphatic carbocycles. The first-order valence-electron chi connectivity index (χ1n) is 10.7. The number of piperazine rings is 1. The van der Waals surface area contributed by atoms with Gasteiger partial charge in [-0.2, -0.15) is 0 Å². The highest BCUT2D eigenvalue weighted by molar-refractivity contribution is 6.30. The lowest BCUT2D eigenvalue weighted by Crippen LogP contribution is -2.45. The van der Waals surface area contributed by atoms with Crippen molar-refractivity contribution >= 4 is 34.0 Å². The predicted molar refractivity (Wildman–Crippen MR) is 123 cm³/mol. The van der Waals surface area contributed by atoms with Crippen molar-refractivity contribution in [3.63, 3.8) is 0 Å². The first-order chi connectivity index (χ1) is 15.1. The van der Waals surface area contributed by atoms with Gasteiger partial charge in [-0.05, 0) is 31.3 Å². The van der Waals surface area contributed by atoms with Gasteiger partial charge in [0.2, 0.25) is 0 Å². The highest BCUT2D eigenvalue weighted by atomic mass is 35.5. The summed E-state index contributed by atoms with van der Waals surface area (Å²) in [5.41, 5.74) is 1.67. The van der Waals surface area contributed by atoms with Gasteiger partial charge in [0.15, 0.2) is 11.5 Å². The van der Waals surface area contributed by atoms with Crippen molar-refractivity contribution in [1.82, 2.24) is 19.8 Å². The van der Waals surface area contributed by atoms with E-state index in [1.165, 1.54) is 0 Å². The third-order valence-corrected chi connectivity index (χ3v) is 6.10. The van der Waals surface area contributed by atoms with E-state index in [0.717, 1.165) is 67.2 Å². The van der Waals surface area contributed by atoms with Crippen LogP contribution in [0, 0.1) is 0 Å². The number of anilines is 2. The van der Waals surface area contributed by atoms with Gasteiger partial charge in [-0.3, -0.25) is 0 Å². The number of nitrogens with zero attached hydrogens (tertiary/aromatic N) is 4. The van der Waals surface area contributed by atoms with E-state index < -0.39 is 0 Å². The third-order valence-electron chi connectivity index (χ3n) is 5.87. The molecule has 1 fully saturated rings. The van der Waals surface area contributed by atoms with Crippen LogP contribution >= 0.6 is 11.6 Å². The first kappa shape index (κ1) is 20.3. The minimum atomic E-state index is 0.0403. The van der Waals surface area contributed by atoms with Crippen LogP contribution in [0.2, 0.25) is 5.02 Å². The van der Waals surface area contributed by atoms with Crippen LogP contribution in [0.3, 0.4) is 0 Å². The molecule has 0 bridgehead atoms. The molecule has 1 saturated heterocycles. The molecule has 7 nitrogen and oxygen atoms in total. The zero-order valence-corrected chi connectivity index (χ0v) is 18.3. The number of nitrogens with one attached hydrogen (secondary N) is 1. The van der Waals surface area contributed by atoms with Crippen molar-refractivity contribution in [1.29, 1.82) is 0 Å². The molecule has 8 heteroatoms. The number of halogens is 1. The van der Waals surface area contributed by atoms with Crippen LogP contribution in [0.1, 0.15) is 6.42 Å². The van der Waals surface area contributed by atoms with Gasteiger partial charge in [-0.25, -0.2) is 9.97 Å². The average Bonchev–Trinajstić information content (AvgIpc) is 2.78. The molecule has 2 aliphatic rings. The van der Waals surface area contributed by atoms with E-state index in [0.29, 0.717) is 17.4 Å². The standard InChI is InChI=1S/C23H26ClN5O2/c1-28-7-9-29(10-8-28)6-5-18-14-30-21-13-20-19(12-22(21)31-18)23(26-15-25-20)27-17-4-2-3-16(24)11-17/h2-4,11-13,15,18H,5-10,14H2,1H3,(H,25,26,27). The summed E-state index contributed by atoms with van der Waals surface area (Å²) in [5, 5.41) is 4.88. The molecule has 0 saturated carbocycles. The van der Waals surface area contributed by atoms with Gasteiger partial charge in [-0.15, -0.1) is 0 Å². The lowest BCUT2D eigenvalue weighted by molar-refractivity contribution is 0.0679. The quantitative estimate of drug-likeness (QED) is 0.648. The van der Waals surface area contributed by atoms with Crippen molar-refractivity contribution < 1.29 is 9.47 Å². The molecule has 1 unspecified atom stereocenters. The van der Waals surface area contributed by atoms with Crippen LogP contribution in [0.25, 0.3) is 10.9 Å². The molecule has 1 atom stereocenters. The van der Waals surface area contributed by atoms with Gasteiger partial charge in [0.1, 0.15) is 24.9 Å². The highest BCUT2D eigenvalue weighted by Gasteiger charge is 2.24. The Kier molecular flexibility index (Phi) is 5.80. The van der Waals surface area contributed by atoms with Crippen LogP contribution in [-0.4, -0.2) is 72.3 Å². The molecule has 31 heavy (non-hydrogen) atoms. The molecule has 1 aromatic heterocycles. The fourth-order valence-corrected chi connectivity index (χ4v) is 4.20. The normalized spacial score (nSPS) is 19.5. The molecule has 5 rings (SSSR count). The molecule has 1 N–H and O–H groups in total. The van der Waals surface area contributed by atoms with E-state index >= 15 is 0 Å². The first-order valence-corrected chi connectivity index (χ1v) is 11.0. The molecule has 162 valence electrons. The van der Waals surface area contributed by atoms with E-state index in [1.807, 2.05) is 36.4 Å². The second kappa shape index (κ2) is 8.86. The molecule has 3 aromatic rings. The maximum Gasteiger partial charge on any atom is 0.163 e. The van der Waals surface area contributed by atoms with E-state index in [9.17, 15) is 0 Å². The fraction of sp³-hybridized carbons (Fsp3) is 0.391. The summed E-state index contributed by atoms with van der Waals surface area (Å²) >= 11 is 6.12. The largest absolute Gasteiger partial charge is 0.486 e. The van der Waals surface area contributed by atoms with Crippen LogP contribution < -0.4 is 14.8 Å². The number of likely N-dealkylation sites (N-methyl/N-ethyl adjacent to an activating group) is 1. The summed E-state index contributed by atoms with van der Waals surface area (Å²) in [5.74, 6) is 2.18. The Morgan fingerprint density at radius 1 is 1.10 bits per heavy atom. The fourth-order valence-electron chi connectivity index (χ4n) is 4.01. The average molecular weight is 440 g/mol. The van der Waals surface area contributed by atoms with Crippen molar-refractivity contribution in [3.8, 4) is 11.5 Å². The topological polar surface area (TPSA) is 62.8 Å². The van der Waals surface area contributed by atoms with Crippen LogP contribution in [0.4, 0.5) is 11.5 Å². The van der Waals surface area contributed by atoms with Gasteiger partial charge < -0.3 is 24.6 Å². The van der Waals surface area contributed by atoms with Gasteiger partial charge >= 0.3 is 0 Å². The molecule has 3 heterocycles. The summed E-state index contributed by atoms with van der Waals surface area (Å²) in [4.78, 5) is 13.7. The number of fused-ring (bicyclic) bond motifs is 2. The Morgan fingerprint density at radius 2 is 1.97 bits per heavy atom. The van der Waals surface area contributed by atoms with E-state index in [-0.39, 0.29) is 6.10 Å². The maximum absolute atomic E-state index is 6.31. The number of aromatic nitrogens is 2. The Morgan fingerprint density at radius 3 is 2.81 bits per heavy atom. The monoisotopic (exact) mass is 439 g/mol. The number of benzene rings is 2. The second-order valence-corrected chi connectivity index (χ2v) is 8.59. The van der Waals surface area contributed by atoms with Crippen LogP contribution in [-0.2, 0) is 0 Å². The smallest absolute Gasteiger partial charge is 0.163 e. The molecule has 0 spiro atoms. The zero-order chi connectivity index (χ0) is 21.2. The number of hydrogen-bond donors (Lipinski definition) is 1. The van der Waals surface area contributed by atoms with Crippen molar-refractivity contribution in [2.24, 2.45) is 0 Å². The van der Waals surface area contributed by atoms with Gasteiger partial charge in [0, 0.05) is 61.3 Å². The molecular formula is C23H26ClN5O2. The SMILES string of the molecule is CN1CCN(CCC2COc3cc4ncnc(Nc5cccc(Cl)c5)c4cc3O2)CC1. The Labute approximate surface area is 186 Å². The van der Waals surface area contributed by atoms with Crippen LogP contribution in [0.5, 0.6) is 11.5 Å². The van der Waals surface area contributed by atoms with Crippen LogP contribution in [0.15, 0.2) is 42.7 Å². The minimum absolute atomic E-state index is 0.0403. The second-order valence-electron chi connectivity index (χ2n) is 8.16. The number of ether oxygens (including phenoxy) is 2. The molecule has 0 amide bonds. The summed E-state index contributed by atoms with van der Waals surface area (Å²) in [7, 11) is 2.18.